The molecule has 2 fully saturated rings. The average molecular weight is 400 g/mol. The van der Waals surface area contributed by atoms with E-state index in [1.165, 1.54) is 32.1 Å². The van der Waals surface area contributed by atoms with E-state index in [0.29, 0.717) is 17.3 Å². The van der Waals surface area contributed by atoms with Gasteiger partial charge in [0.2, 0.25) is 0 Å². The standard InChI is InChI=1S/C23H24N6O/c1-28-12-17(11-25-28)16-4-5-19(22(30)9-16)20-10-21-23(27-26-20)29(13-24-21)18-7-14-2-3-15(6-14)8-18/h4-5,9-15,18,30H,2-3,6-8H2,1H3/t14-,15?,18+/m0/s1. The minimum absolute atomic E-state index is 0.174. The SMILES string of the molecule is Cn1cc(-c2ccc(-c3cc4ncn([C@H]5CC6CC[C@@H](C6)C5)c4nn3)c(O)c2)cn1. The van der Waals surface area contributed by atoms with Crippen LogP contribution in [0.3, 0.4) is 0 Å². The Morgan fingerprint density at radius 3 is 2.57 bits per heavy atom. The molecule has 3 heterocycles. The lowest BCUT2D eigenvalue weighted by atomic mass is 9.85. The predicted octanol–water partition coefficient (Wildman–Crippen LogP) is 4.35. The van der Waals surface area contributed by atoms with Crippen LogP contribution in [0, 0.1) is 11.8 Å². The van der Waals surface area contributed by atoms with Crippen LogP contribution in [-0.2, 0) is 7.05 Å². The number of hydrogen-bond donors (Lipinski definition) is 1. The zero-order valence-electron chi connectivity index (χ0n) is 16.9. The molecular weight excluding hydrogens is 376 g/mol. The van der Waals surface area contributed by atoms with Crippen LogP contribution in [0.1, 0.15) is 38.1 Å². The lowest BCUT2D eigenvalue weighted by molar-refractivity contribution is 0.265. The van der Waals surface area contributed by atoms with Gasteiger partial charge in [0.15, 0.2) is 5.65 Å². The number of benzene rings is 1. The fourth-order valence-electron chi connectivity index (χ4n) is 5.43. The second kappa shape index (κ2) is 6.65. The molecule has 7 heteroatoms. The maximum atomic E-state index is 10.6. The van der Waals surface area contributed by atoms with Gasteiger partial charge in [-0.2, -0.15) is 5.10 Å². The molecule has 6 rings (SSSR count). The zero-order chi connectivity index (χ0) is 20.2. The van der Waals surface area contributed by atoms with Crippen LogP contribution in [-0.4, -0.2) is 34.6 Å². The van der Waals surface area contributed by atoms with Crippen molar-refractivity contribution in [2.24, 2.45) is 18.9 Å². The molecule has 1 aromatic carbocycles. The molecule has 4 aromatic rings. The van der Waals surface area contributed by atoms with E-state index in [4.69, 9.17) is 0 Å². The number of aromatic nitrogens is 6. The van der Waals surface area contributed by atoms with Gasteiger partial charge in [-0.3, -0.25) is 4.68 Å². The summed E-state index contributed by atoms with van der Waals surface area (Å²) < 4.78 is 3.97. The monoisotopic (exact) mass is 400 g/mol. The molecular formula is C23H24N6O. The largest absolute Gasteiger partial charge is 0.507 e. The van der Waals surface area contributed by atoms with E-state index in [0.717, 1.165) is 34.1 Å². The Morgan fingerprint density at radius 2 is 1.83 bits per heavy atom. The van der Waals surface area contributed by atoms with Crippen molar-refractivity contribution in [2.75, 3.05) is 0 Å². The van der Waals surface area contributed by atoms with Crippen LogP contribution in [0.5, 0.6) is 5.75 Å². The molecule has 0 spiro atoms. The maximum absolute atomic E-state index is 10.6. The molecule has 2 saturated carbocycles. The fraction of sp³-hybridized carbons (Fsp3) is 0.391. The summed E-state index contributed by atoms with van der Waals surface area (Å²) in [4.78, 5) is 4.62. The summed E-state index contributed by atoms with van der Waals surface area (Å²) >= 11 is 0. The first kappa shape index (κ1) is 17.6. The molecule has 2 bridgehead atoms. The van der Waals surface area contributed by atoms with Crippen LogP contribution in [0.25, 0.3) is 33.5 Å². The Hall–Kier alpha value is -3.22. The Bertz CT molecular complexity index is 1230. The number of aromatic hydroxyl groups is 1. The Balaban J connectivity index is 1.33. The van der Waals surface area contributed by atoms with Crippen molar-refractivity contribution in [3.8, 4) is 28.1 Å². The highest BCUT2D eigenvalue weighted by Crippen LogP contribution is 2.47. The van der Waals surface area contributed by atoms with Crippen LogP contribution in [0.2, 0.25) is 0 Å². The summed E-state index contributed by atoms with van der Waals surface area (Å²) in [5, 5.41) is 23.8. The molecule has 0 amide bonds. The van der Waals surface area contributed by atoms with E-state index in [1.54, 1.807) is 16.9 Å². The molecule has 0 radical (unpaired) electrons. The van der Waals surface area contributed by atoms with Crippen molar-refractivity contribution >= 4 is 11.2 Å². The van der Waals surface area contributed by atoms with Gasteiger partial charge in [-0.05, 0) is 54.9 Å². The van der Waals surface area contributed by atoms with Gasteiger partial charge in [-0.25, -0.2) is 4.98 Å². The van der Waals surface area contributed by atoms with Crippen molar-refractivity contribution in [3.63, 3.8) is 0 Å². The molecule has 2 aliphatic rings. The number of nitrogens with zero attached hydrogens (tertiary/aromatic N) is 6. The summed E-state index contributed by atoms with van der Waals surface area (Å²) in [5.41, 5.74) is 4.83. The second-order valence-electron chi connectivity index (χ2n) is 8.90. The molecule has 0 aliphatic heterocycles. The minimum Gasteiger partial charge on any atom is -0.507 e. The molecule has 3 atom stereocenters. The van der Waals surface area contributed by atoms with Gasteiger partial charge >= 0.3 is 0 Å². The maximum Gasteiger partial charge on any atom is 0.182 e. The summed E-state index contributed by atoms with van der Waals surface area (Å²) in [6.45, 7) is 0. The van der Waals surface area contributed by atoms with Gasteiger partial charge in [0, 0.05) is 30.4 Å². The number of rotatable bonds is 3. The predicted molar refractivity (Wildman–Crippen MR) is 114 cm³/mol. The number of imidazole rings is 1. The highest BCUT2D eigenvalue weighted by atomic mass is 16.3. The number of fused-ring (bicyclic) bond motifs is 3. The Morgan fingerprint density at radius 1 is 1.00 bits per heavy atom. The fourth-order valence-corrected chi connectivity index (χ4v) is 5.43. The lowest BCUT2D eigenvalue weighted by Gasteiger charge is -2.28. The van der Waals surface area contributed by atoms with Gasteiger partial charge in [0.05, 0.1) is 18.2 Å². The number of aryl methyl sites for hydroxylation is 1. The molecule has 7 nitrogen and oxygen atoms in total. The van der Waals surface area contributed by atoms with Gasteiger partial charge in [-0.1, -0.05) is 18.9 Å². The van der Waals surface area contributed by atoms with E-state index < -0.39 is 0 Å². The quantitative estimate of drug-likeness (QED) is 0.553. The van der Waals surface area contributed by atoms with Gasteiger partial charge in [0.25, 0.3) is 0 Å². The van der Waals surface area contributed by atoms with Gasteiger partial charge < -0.3 is 9.67 Å². The number of phenols is 1. The minimum atomic E-state index is 0.174. The first-order valence-electron chi connectivity index (χ1n) is 10.7. The van der Waals surface area contributed by atoms with E-state index >= 15 is 0 Å². The molecule has 152 valence electrons. The van der Waals surface area contributed by atoms with E-state index in [1.807, 2.05) is 37.8 Å². The van der Waals surface area contributed by atoms with Crippen LogP contribution in [0.4, 0.5) is 0 Å². The third kappa shape index (κ3) is 2.88. The average Bonchev–Trinajstić information content (AvgIpc) is 3.45. The van der Waals surface area contributed by atoms with Crippen molar-refractivity contribution < 1.29 is 5.11 Å². The van der Waals surface area contributed by atoms with E-state index in [9.17, 15) is 5.11 Å². The molecule has 1 N–H and O–H groups in total. The number of hydrogen-bond acceptors (Lipinski definition) is 5. The number of phenolic OH excluding ortho intramolecular Hbond substituents is 1. The zero-order valence-corrected chi connectivity index (χ0v) is 16.9. The Kier molecular flexibility index (Phi) is 3.91. The molecule has 0 saturated heterocycles. The van der Waals surface area contributed by atoms with Crippen LogP contribution in [0.15, 0.2) is 43.0 Å². The molecule has 1 unspecified atom stereocenters. The van der Waals surface area contributed by atoms with Gasteiger partial charge in [0.1, 0.15) is 11.3 Å². The third-order valence-electron chi connectivity index (χ3n) is 6.89. The Labute approximate surface area is 174 Å². The van der Waals surface area contributed by atoms with Crippen LogP contribution < -0.4 is 0 Å². The van der Waals surface area contributed by atoms with E-state index in [2.05, 4.69) is 24.8 Å². The summed E-state index contributed by atoms with van der Waals surface area (Å²) in [5.74, 6) is 1.88. The first-order chi connectivity index (χ1) is 14.6. The van der Waals surface area contributed by atoms with Crippen LogP contribution >= 0.6 is 0 Å². The molecule has 3 aromatic heterocycles. The lowest BCUT2D eigenvalue weighted by Crippen LogP contribution is -2.19. The van der Waals surface area contributed by atoms with Crippen molar-refractivity contribution in [3.05, 3.63) is 43.0 Å². The topological polar surface area (TPSA) is 81.7 Å². The molecule has 30 heavy (non-hydrogen) atoms. The van der Waals surface area contributed by atoms with Crippen molar-refractivity contribution in [1.29, 1.82) is 0 Å². The van der Waals surface area contributed by atoms with E-state index in [-0.39, 0.29) is 5.75 Å². The van der Waals surface area contributed by atoms with Crippen molar-refractivity contribution in [1.82, 2.24) is 29.5 Å². The summed E-state index contributed by atoms with van der Waals surface area (Å²) in [6.07, 6.45) is 12.2. The normalized spacial score (nSPS) is 23.3. The highest BCUT2D eigenvalue weighted by Gasteiger charge is 2.35. The smallest absolute Gasteiger partial charge is 0.182 e. The summed E-state index contributed by atoms with van der Waals surface area (Å²) in [7, 11) is 1.87. The molecule has 2 aliphatic carbocycles. The summed E-state index contributed by atoms with van der Waals surface area (Å²) in [6, 6.07) is 8.00. The first-order valence-corrected chi connectivity index (χ1v) is 10.7. The van der Waals surface area contributed by atoms with Crippen molar-refractivity contribution in [2.45, 2.75) is 38.1 Å². The second-order valence-corrected chi connectivity index (χ2v) is 8.90. The third-order valence-corrected chi connectivity index (χ3v) is 6.89. The van der Waals surface area contributed by atoms with Gasteiger partial charge in [-0.15, -0.1) is 10.2 Å². The highest BCUT2D eigenvalue weighted by molar-refractivity contribution is 5.79.